The third kappa shape index (κ3) is 5.96. The summed E-state index contributed by atoms with van der Waals surface area (Å²) in [6.45, 7) is 15.4. The van der Waals surface area contributed by atoms with Crippen LogP contribution in [-0.4, -0.2) is 50.7 Å². The van der Waals surface area contributed by atoms with Gasteiger partial charge in [-0.15, -0.1) is 12.4 Å². The Kier molecular flexibility index (Phi) is 7.32. The predicted molar refractivity (Wildman–Crippen MR) is 131 cm³/mol. The molecule has 0 aromatic heterocycles. The minimum Gasteiger partial charge on any atom is -0.465 e. The zero-order valence-electron chi connectivity index (χ0n) is 20.1. The molecule has 3 fully saturated rings. The van der Waals surface area contributed by atoms with Crippen LogP contribution in [0.25, 0.3) is 0 Å². The molecule has 1 heterocycles. The van der Waals surface area contributed by atoms with Gasteiger partial charge in [-0.05, 0) is 78.5 Å². The van der Waals surface area contributed by atoms with E-state index in [0.29, 0.717) is 22.3 Å². The lowest BCUT2D eigenvalue weighted by Gasteiger charge is -2.46. The molecule has 0 atom stereocenters. The number of benzene rings is 1. The predicted octanol–water partition coefficient (Wildman–Crippen LogP) is 5.75. The summed E-state index contributed by atoms with van der Waals surface area (Å²) >= 11 is 0. The number of anilines is 1. The highest BCUT2D eigenvalue weighted by molar-refractivity contribution is 5.90. The number of carbonyl (C=O) groups is 1. The van der Waals surface area contributed by atoms with Gasteiger partial charge < -0.3 is 9.64 Å². The van der Waals surface area contributed by atoms with E-state index in [9.17, 15) is 4.79 Å². The van der Waals surface area contributed by atoms with Crippen LogP contribution in [0, 0.1) is 16.7 Å². The van der Waals surface area contributed by atoms with Crippen LogP contribution in [0.5, 0.6) is 0 Å². The van der Waals surface area contributed by atoms with Gasteiger partial charge in [-0.2, -0.15) is 0 Å². The Morgan fingerprint density at radius 1 is 1.03 bits per heavy atom. The van der Waals surface area contributed by atoms with E-state index in [1.807, 2.05) is 6.07 Å². The van der Waals surface area contributed by atoms with Crippen LogP contribution in [0.1, 0.15) is 81.6 Å². The highest BCUT2D eigenvalue weighted by atomic mass is 35.5. The van der Waals surface area contributed by atoms with Crippen LogP contribution < -0.4 is 4.90 Å². The lowest BCUT2D eigenvalue weighted by atomic mass is 9.60. The van der Waals surface area contributed by atoms with Gasteiger partial charge in [-0.3, -0.25) is 4.90 Å². The summed E-state index contributed by atoms with van der Waals surface area (Å²) in [5.74, 6) is 1.21. The van der Waals surface area contributed by atoms with Crippen LogP contribution in [0.2, 0.25) is 0 Å². The third-order valence-electron chi connectivity index (χ3n) is 7.37. The zero-order valence-corrected chi connectivity index (χ0v) is 20.9. The number of methoxy groups -OCH3 is 1. The van der Waals surface area contributed by atoms with E-state index in [1.54, 1.807) is 0 Å². The molecular weight excluding hydrogens is 408 g/mol. The molecule has 0 spiro atoms. The summed E-state index contributed by atoms with van der Waals surface area (Å²) < 4.78 is 5.04. The maximum Gasteiger partial charge on any atom is 0.337 e. The molecule has 0 radical (unpaired) electrons. The molecule has 0 N–H and O–H groups in total. The van der Waals surface area contributed by atoms with E-state index in [-0.39, 0.29) is 18.4 Å². The molecule has 2 aliphatic carbocycles. The Labute approximate surface area is 195 Å². The van der Waals surface area contributed by atoms with Crippen molar-refractivity contribution in [3.8, 4) is 0 Å². The third-order valence-corrected chi connectivity index (χ3v) is 7.37. The SMILES string of the molecule is COC(=O)c1ccc(N2CCN(CC3CC3)CC2)c(C2CC(C)(C)CC(C)(C)C2)c1.Cl. The zero-order chi connectivity index (χ0) is 21.5. The molecule has 0 unspecified atom stereocenters. The summed E-state index contributed by atoms with van der Waals surface area (Å²) in [4.78, 5) is 17.5. The fourth-order valence-electron chi connectivity index (χ4n) is 6.32. The molecule has 5 heteroatoms. The van der Waals surface area contributed by atoms with Crippen LogP contribution in [0.3, 0.4) is 0 Å². The summed E-state index contributed by atoms with van der Waals surface area (Å²) in [7, 11) is 1.47. The number of esters is 1. The molecule has 31 heavy (non-hydrogen) atoms. The van der Waals surface area contributed by atoms with Gasteiger partial charge in [0.25, 0.3) is 0 Å². The van der Waals surface area contributed by atoms with E-state index in [0.717, 1.165) is 32.1 Å². The van der Waals surface area contributed by atoms with E-state index in [2.05, 4.69) is 49.6 Å². The molecule has 0 amide bonds. The lowest BCUT2D eigenvalue weighted by molar-refractivity contribution is 0.0600. The number of hydrogen-bond donors (Lipinski definition) is 0. The van der Waals surface area contributed by atoms with Gasteiger partial charge in [-0.1, -0.05) is 27.7 Å². The van der Waals surface area contributed by atoms with Gasteiger partial charge >= 0.3 is 5.97 Å². The maximum absolute atomic E-state index is 12.3. The highest BCUT2D eigenvalue weighted by Crippen LogP contribution is 2.53. The Bertz CT molecular complexity index is 764. The monoisotopic (exact) mass is 448 g/mol. The minimum atomic E-state index is -0.230. The van der Waals surface area contributed by atoms with Gasteiger partial charge in [0.15, 0.2) is 0 Å². The quantitative estimate of drug-likeness (QED) is 0.537. The fraction of sp³-hybridized carbons (Fsp3) is 0.731. The molecular formula is C26H41ClN2O2. The molecule has 4 rings (SSSR count). The second-order valence-electron chi connectivity index (χ2n) is 11.6. The van der Waals surface area contributed by atoms with Gasteiger partial charge in [0, 0.05) is 38.4 Å². The number of ether oxygens (including phenoxy) is 1. The first-order chi connectivity index (χ1) is 14.2. The minimum absolute atomic E-state index is 0. The normalized spacial score (nSPS) is 23.8. The number of piperazine rings is 1. The molecule has 2 saturated carbocycles. The summed E-state index contributed by atoms with van der Waals surface area (Å²) in [5.41, 5.74) is 4.01. The highest BCUT2D eigenvalue weighted by Gasteiger charge is 2.40. The Hall–Kier alpha value is -1.26. The van der Waals surface area contributed by atoms with Gasteiger partial charge in [-0.25, -0.2) is 4.79 Å². The van der Waals surface area contributed by atoms with Crippen molar-refractivity contribution < 1.29 is 9.53 Å². The molecule has 4 nitrogen and oxygen atoms in total. The van der Waals surface area contributed by atoms with Crippen molar-refractivity contribution in [2.24, 2.45) is 16.7 Å². The van der Waals surface area contributed by atoms with E-state index < -0.39 is 0 Å². The van der Waals surface area contributed by atoms with Gasteiger partial charge in [0.05, 0.1) is 12.7 Å². The topological polar surface area (TPSA) is 32.8 Å². The van der Waals surface area contributed by atoms with Crippen LogP contribution >= 0.6 is 12.4 Å². The maximum atomic E-state index is 12.3. The number of hydrogen-bond acceptors (Lipinski definition) is 4. The Morgan fingerprint density at radius 3 is 2.19 bits per heavy atom. The molecule has 1 aromatic carbocycles. The van der Waals surface area contributed by atoms with Crippen molar-refractivity contribution >= 4 is 24.1 Å². The van der Waals surface area contributed by atoms with E-state index in [1.165, 1.54) is 57.0 Å². The van der Waals surface area contributed by atoms with Crippen molar-refractivity contribution in [2.45, 2.75) is 65.7 Å². The summed E-state index contributed by atoms with van der Waals surface area (Å²) in [6.07, 6.45) is 6.45. The van der Waals surface area contributed by atoms with Crippen molar-refractivity contribution in [3.63, 3.8) is 0 Å². The van der Waals surface area contributed by atoms with E-state index >= 15 is 0 Å². The first-order valence-corrected chi connectivity index (χ1v) is 11.9. The number of rotatable bonds is 5. The second-order valence-corrected chi connectivity index (χ2v) is 11.6. The fourth-order valence-corrected chi connectivity index (χ4v) is 6.32. The molecule has 174 valence electrons. The average Bonchev–Trinajstić information content (AvgIpc) is 3.49. The largest absolute Gasteiger partial charge is 0.465 e. The first-order valence-electron chi connectivity index (χ1n) is 11.9. The van der Waals surface area contributed by atoms with E-state index in [4.69, 9.17) is 4.74 Å². The van der Waals surface area contributed by atoms with Crippen LogP contribution in [0.4, 0.5) is 5.69 Å². The molecule has 3 aliphatic rings. The van der Waals surface area contributed by atoms with Gasteiger partial charge in [0.1, 0.15) is 0 Å². The summed E-state index contributed by atoms with van der Waals surface area (Å²) in [6, 6.07) is 6.28. The second kappa shape index (κ2) is 9.31. The van der Waals surface area contributed by atoms with Crippen molar-refractivity contribution in [1.82, 2.24) is 4.90 Å². The van der Waals surface area contributed by atoms with Gasteiger partial charge in [0.2, 0.25) is 0 Å². The first kappa shape index (κ1) is 24.4. The molecule has 1 aliphatic heterocycles. The Morgan fingerprint density at radius 2 is 1.65 bits per heavy atom. The standard InChI is InChI=1S/C26H40N2O2.ClH/c1-25(2)15-21(16-26(3,4)18-25)22-14-20(24(29)30-5)8-9-23(22)28-12-10-27(11-13-28)17-19-6-7-19;/h8-9,14,19,21H,6-7,10-13,15-18H2,1-5H3;1H. The van der Waals surface area contributed by atoms with Crippen LogP contribution in [0.15, 0.2) is 18.2 Å². The average molecular weight is 449 g/mol. The smallest absolute Gasteiger partial charge is 0.337 e. The lowest BCUT2D eigenvalue weighted by Crippen LogP contribution is -2.47. The number of halogens is 1. The molecule has 0 bridgehead atoms. The number of nitrogens with zero attached hydrogens (tertiary/aromatic N) is 2. The number of carbonyl (C=O) groups excluding carboxylic acids is 1. The molecule has 1 saturated heterocycles. The van der Waals surface area contributed by atoms with Crippen molar-refractivity contribution in [2.75, 3.05) is 44.7 Å². The molecule has 1 aromatic rings. The van der Waals surface area contributed by atoms with Crippen molar-refractivity contribution in [3.05, 3.63) is 29.3 Å². The summed E-state index contributed by atoms with van der Waals surface area (Å²) in [5, 5.41) is 0. The Balaban J connectivity index is 0.00000272. The van der Waals surface area contributed by atoms with Crippen molar-refractivity contribution in [1.29, 1.82) is 0 Å². The van der Waals surface area contributed by atoms with Crippen LogP contribution in [-0.2, 0) is 4.74 Å².